The number of aryl methyl sites for hydroxylation is 1. The van der Waals surface area contributed by atoms with Crippen LogP contribution in [0.1, 0.15) is 18.2 Å². The minimum atomic E-state index is 0.664. The van der Waals surface area contributed by atoms with Crippen LogP contribution >= 0.6 is 11.3 Å². The van der Waals surface area contributed by atoms with Gasteiger partial charge in [0.05, 0.1) is 18.5 Å². The summed E-state index contributed by atoms with van der Waals surface area (Å²) in [6, 6.07) is 7.79. The standard InChI is InChI=1S/C13H15N3OS/c1-3-17-12-6-4-5-11(7-12)8-14-16-13-15-10(2)9-18-13/h4-9H,3H2,1-2H3,(H,15,16). The highest BCUT2D eigenvalue weighted by Gasteiger charge is 1.95. The number of hydrazone groups is 1. The van der Waals surface area contributed by atoms with Crippen LogP contribution in [0.25, 0.3) is 0 Å². The van der Waals surface area contributed by atoms with Crippen LogP contribution in [0, 0.1) is 6.92 Å². The van der Waals surface area contributed by atoms with Gasteiger partial charge in [-0.2, -0.15) is 5.10 Å². The maximum Gasteiger partial charge on any atom is 0.203 e. The fraction of sp³-hybridized carbons (Fsp3) is 0.231. The Morgan fingerprint density at radius 1 is 1.50 bits per heavy atom. The van der Waals surface area contributed by atoms with Gasteiger partial charge in [0.15, 0.2) is 0 Å². The van der Waals surface area contributed by atoms with Crippen molar-refractivity contribution in [2.45, 2.75) is 13.8 Å². The Kier molecular flexibility index (Phi) is 4.30. The predicted molar refractivity (Wildman–Crippen MR) is 75.7 cm³/mol. The lowest BCUT2D eigenvalue weighted by Crippen LogP contribution is -1.93. The number of ether oxygens (including phenoxy) is 1. The highest BCUT2D eigenvalue weighted by molar-refractivity contribution is 7.13. The van der Waals surface area contributed by atoms with E-state index >= 15 is 0 Å². The number of rotatable bonds is 5. The van der Waals surface area contributed by atoms with E-state index in [9.17, 15) is 0 Å². The Morgan fingerprint density at radius 2 is 2.39 bits per heavy atom. The molecule has 1 aromatic heterocycles. The molecule has 1 aromatic carbocycles. The summed E-state index contributed by atoms with van der Waals surface area (Å²) in [6.07, 6.45) is 1.75. The monoisotopic (exact) mass is 261 g/mol. The molecule has 0 aliphatic rings. The normalized spacial score (nSPS) is 10.8. The van der Waals surface area contributed by atoms with Crippen molar-refractivity contribution in [1.82, 2.24) is 4.98 Å². The second-order valence-electron chi connectivity index (χ2n) is 3.67. The van der Waals surface area contributed by atoms with Crippen LogP contribution in [0.5, 0.6) is 5.75 Å². The second-order valence-corrected chi connectivity index (χ2v) is 4.53. The van der Waals surface area contributed by atoms with Crippen LogP contribution in [0.4, 0.5) is 5.13 Å². The van der Waals surface area contributed by atoms with E-state index in [1.54, 1.807) is 6.21 Å². The van der Waals surface area contributed by atoms with Gasteiger partial charge in [-0.1, -0.05) is 12.1 Å². The van der Waals surface area contributed by atoms with E-state index in [-0.39, 0.29) is 0 Å². The van der Waals surface area contributed by atoms with Gasteiger partial charge in [0, 0.05) is 5.38 Å². The van der Waals surface area contributed by atoms with Crippen molar-refractivity contribution in [1.29, 1.82) is 0 Å². The molecule has 94 valence electrons. The molecule has 5 heteroatoms. The average molecular weight is 261 g/mol. The Bertz CT molecular complexity index is 537. The largest absolute Gasteiger partial charge is 0.494 e. The molecule has 0 saturated carbocycles. The van der Waals surface area contributed by atoms with Gasteiger partial charge in [0.2, 0.25) is 5.13 Å². The topological polar surface area (TPSA) is 46.5 Å². The second kappa shape index (κ2) is 6.16. The highest BCUT2D eigenvalue weighted by Crippen LogP contribution is 2.14. The molecule has 0 unspecified atom stereocenters. The molecule has 1 heterocycles. The lowest BCUT2D eigenvalue weighted by atomic mass is 10.2. The van der Waals surface area contributed by atoms with Crippen molar-refractivity contribution >= 4 is 22.7 Å². The molecule has 0 aliphatic carbocycles. The van der Waals surface area contributed by atoms with Gasteiger partial charge in [0.1, 0.15) is 5.75 Å². The molecule has 0 amide bonds. The van der Waals surface area contributed by atoms with Crippen molar-refractivity contribution in [3.05, 3.63) is 40.9 Å². The number of nitrogens with one attached hydrogen (secondary N) is 1. The summed E-state index contributed by atoms with van der Waals surface area (Å²) in [5, 5.41) is 6.92. The SMILES string of the molecule is CCOc1cccc(C=NNc2nc(C)cs2)c1. The fourth-order valence-electron chi connectivity index (χ4n) is 1.42. The molecule has 1 N–H and O–H groups in total. The van der Waals surface area contributed by atoms with Gasteiger partial charge in [-0.15, -0.1) is 11.3 Å². The van der Waals surface area contributed by atoms with Crippen LogP contribution in [0.2, 0.25) is 0 Å². The molecule has 0 saturated heterocycles. The zero-order valence-corrected chi connectivity index (χ0v) is 11.2. The first-order valence-corrected chi connectivity index (χ1v) is 6.60. The maximum atomic E-state index is 5.42. The minimum Gasteiger partial charge on any atom is -0.494 e. The summed E-state index contributed by atoms with van der Waals surface area (Å²) >= 11 is 1.54. The van der Waals surface area contributed by atoms with Crippen molar-refractivity contribution < 1.29 is 4.74 Å². The van der Waals surface area contributed by atoms with Crippen LogP contribution in [-0.2, 0) is 0 Å². The first kappa shape index (κ1) is 12.6. The lowest BCUT2D eigenvalue weighted by molar-refractivity contribution is 0.340. The Labute approximate surface area is 110 Å². The number of hydrogen-bond donors (Lipinski definition) is 1. The van der Waals surface area contributed by atoms with Gasteiger partial charge in [-0.05, 0) is 31.5 Å². The first-order chi connectivity index (χ1) is 8.78. The third-order valence-electron chi connectivity index (χ3n) is 2.16. The molecule has 0 atom stereocenters. The van der Waals surface area contributed by atoms with E-state index in [2.05, 4.69) is 15.5 Å². The summed E-state index contributed by atoms with van der Waals surface area (Å²) < 4.78 is 5.42. The molecule has 0 spiro atoms. The van der Waals surface area contributed by atoms with E-state index in [1.807, 2.05) is 43.5 Å². The summed E-state index contributed by atoms with van der Waals surface area (Å²) in [6.45, 7) is 4.58. The van der Waals surface area contributed by atoms with Gasteiger partial charge in [-0.25, -0.2) is 4.98 Å². The number of hydrogen-bond acceptors (Lipinski definition) is 5. The van der Waals surface area contributed by atoms with Crippen molar-refractivity contribution in [3.63, 3.8) is 0 Å². The predicted octanol–water partition coefficient (Wildman–Crippen LogP) is 3.30. The molecule has 2 rings (SSSR count). The highest BCUT2D eigenvalue weighted by atomic mass is 32.1. The quantitative estimate of drug-likeness (QED) is 0.663. The van der Waals surface area contributed by atoms with Gasteiger partial charge < -0.3 is 4.74 Å². The number of anilines is 1. The molecule has 4 nitrogen and oxygen atoms in total. The Hall–Kier alpha value is -1.88. The summed E-state index contributed by atoms with van der Waals surface area (Å²) in [5.74, 6) is 0.853. The van der Waals surface area contributed by atoms with E-state index in [4.69, 9.17) is 4.74 Å². The molecular weight excluding hydrogens is 246 g/mol. The van der Waals surface area contributed by atoms with Crippen molar-refractivity contribution in [2.75, 3.05) is 12.0 Å². The zero-order valence-electron chi connectivity index (χ0n) is 10.4. The van der Waals surface area contributed by atoms with E-state index in [0.717, 1.165) is 22.1 Å². The van der Waals surface area contributed by atoms with Gasteiger partial charge in [0.25, 0.3) is 0 Å². The molecule has 0 fully saturated rings. The van der Waals surface area contributed by atoms with E-state index in [0.29, 0.717) is 6.61 Å². The van der Waals surface area contributed by atoms with Crippen LogP contribution in [-0.4, -0.2) is 17.8 Å². The Balaban J connectivity index is 1.98. The fourth-order valence-corrected chi connectivity index (χ4v) is 2.06. The summed E-state index contributed by atoms with van der Waals surface area (Å²) in [5.41, 5.74) is 4.89. The van der Waals surface area contributed by atoms with Gasteiger partial charge >= 0.3 is 0 Å². The third-order valence-corrected chi connectivity index (χ3v) is 3.03. The molecule has 0 radical (unpaired) electrons. The first-order valence-electron chi connectivity index (χ1n) is 5.72. The zero-order chi connectivity index (χ0) is 12.8. The molecule has 0 aliphatic heterocycles. The summed E-state index contributed by atoms with van der Waals surface area (Å²) in [7, 11) is 0. The summed E-state index contributed by atoms with van der Waals surface area (Å²) in [4.78, 5) is 4.26. The molecule has 2 aromatic rings. The van der Waals surface area contributed by atoms with Crippen LogP contribution < -0.4 is 10.2 Å². The number of nitrogens with zero attached hydrogens (tertiary/aromatic N) is 2. The minimum absolute atomic E-state index is 0.664. The average Bonchev–Trinajstić information content (AvgIpc) is 2.76. The van der Waals surface area contributed by atoms with E-state index in [1.165, 1.54) is 11.3 Å². The number of benzene rings is 1. The molecule has 18 heavy (non-hydrogen) atoms. The van der Waals surface area contributed by atoms with E-state index < -0.39 is 0 Å². The van der Waals surface area contributed by atoms with Crippen molar-refractivity contribution in [2.24, 2.45) is 5.10 Å². The Morgan fingerprint density at radius 3 is 3.11 bits per heavy atom. The molecule has 0 bridgehead atoms. The third kappa shape index (κ3) is 3.56. The van der Waals surface area contributed by atoms with Gasteiger partial charge in [-0.3, -0.25) is 5.43 Å². The smallest absolute Gasteiger partial charge is 0.203 e. The number of aromatic nitrogens is 1. The maximum absolute atomic E-state index is 5.42. The van der Waals surface area contributed by atoms with Crippen molar-refractivity contribution in [3.8, 4) is 5.75 Å². The number of thiazole rings is 1. The van der Waals surface area contributed by atoms with Crippen LogP contribution in [0.15, 0.2) is 34.7 Å². The lowest BCUT2D eigenvalue weighted by Gasteiger charge is -2.02. The molecular formula is C13H15N3OS. The van der Waals surface area contributed by atoms with Crippen LogP contribution in [0.3, 0.4) is 0 Å².